The van der Waals surface area contributed by atoms with Gasteiger partial charge in [0.25, 0.3) is 0 Å². The second-order valence-corrected chi connectivity index (χ2v) is 18.1. The number of aryl methyl sites for hydroxylation is 1. The van der Waals surface area contributed by atoms with Gasteiger partial charge in [-0.05, 0) is 57.5 Å². The number of esters is 9. The quantitative estimate of drug-likeness (QED) is 0.226. The number of cyclic esters (lactones) is 1. The van der Waals surface area contributed by atoms with E-state index in [4.69, 9.17) is 51.8 Å². The van der Waals surface area contributed by atoms with Crippen LogP contribution in [0.25, 0.3) is 0 Å². The third-order valence-corrected chi connectivity index (χ3v) is 13.2. The lowest BCUT2D eigenvalue weighted by molar-refractivity contribution is -0.386. The van der Waals surface area contributed by atoms with Gasteiger partial charge in [-0.25, -0.2) is 19.2 Å². The normalized spacial score (nSPS) is 33.3. The average Bonchev–Trinajstić information content (AvgIpc) is 3.91. The molecule has 1 N–H and O–H groups in total. The lowest BCUT2D eigenvalue weighted by Gasteiger charge is -2.67. The highest BCUT2D eigenvalue weighted by Gasteiger charge is 2.92. The minimum atomic E-state index is -3.07. The van der Waals surface area contributed by atoms with Crippen LogP contribution < -0.4 is 0 Å². The number of hydrogen-bond acceptors (Lipinski definition) is 22. The van der Waals surface area contributed by atoms with E-state index in [1.807, 2.05) is 0 Å². The molecule has 7 rings (SSSR count). The second kappa shape index (κ2) is 18.9. The van der Waals surface area contributed by atoms with E-state index in [9.17, 15) is 43.5 Å². The fourth-order valence-corrected chi connectivity index (χ4v) is 10.5. The van der Waals surface area contributed by atoms with Gasteiger partial charge in [0.05, 0.1) is 34.6 Å². The summed E-state index contributed by atoms with van der Waals surface area (Å²) in [5.41, 5.74) is -13.8. The summed E-state index contributed by atoms with van der Waals surface area (Å²) in [4.78, 5) is 130. The molecule has 3 fully saturated rings. The molecule has 374 valence electrons. The van der Waals surface area contributed by atoms with Crippen molar-refractivity contribution in [2.75, 3.05) is 13.2 Å². The van der Waals surface area contributed by atoms with E-state index in [2.05, 4.69) is 4.98 Å². The molecule has 0 amide bonds. The molecule has 70 heavy (non-hydrogen) atoms. The largest absolute Gasteiger partial charge is 0.472 e. The smallest absolute Gasteiger partial charge is 0.350 e. The molecule has 2 saturated carbocycles. The number of furan rings is 1. The Morgan fingerprint density at radius 2 is 1.36 bits per heavy atom. The monoisotopic (exact) mass is 977 g/mol. The number of carbonyl (C=O) groups excluding carboxylic acids is 9. The first-order valence-electron chi connectivity index (χ1n) is 22.0. The molecule has 2 aliphatic carbocycles. The Balaban J connectivity index is 1.62. The van der Waals surface area contributed by atoms with Crippen LogP contribution in [0.1, 0.15) is 98.6 Å². The maximum atomic E-state index is 15.3. The van der Waals surface area contributed by atoms with Gasteiger partial charge in [-0.1, -0.05) is 18.2 Å². The second-order valence-electron chi connectivity index (χ2n) is 18.1. The minimum Gasteiger partial charge on any atom is -0.472 e. The van der Waals surface area contributed by atoms with Crippen molar-refractivity contribution >= 4 is 53.7 Å². The Bertz CT molecular complexity index is 2580. The number of benzene rings is 1. The molecule has 2 aromatic heterocycles. The van der Waals surface area contributed by atoms with E-state index in [1.54, 1.807) is 6.07 Å². The topological polar surface area (TPSA) is 292 Å². The molecule has 3 unspecified atom stereocenters. The molecular weight excluding hydrogens is 927 g/mol. The van der Waals surface area contributed by atoms with Gasteiger partial charge in [-0.2, -0.15) is 0 Å². The number of fused-ring (bicyclic) bond motifs is 5. The lowest BCUT2D eigenvalue weighted by Crippen LogP contribution is -2.89. The molecule has 22 heteroatoms. The summed E-state index contributed by atoms with van der Waals surface area (Å²) in [5, 5.41) is 13.9. The van der Waals surface area contributed by atoms with Crippen LogP contribution in [0.4, 0.5) is 0 Å². The van der Waals surface area contributed by atoms with Gasteiger partial charge in [-0.3, -0.25) is 29.0 Å². The molecule has 4 aliphatic rings. The number of aromatic nitrogens is 1. The summed E-state index contributed by atoms with van der Waals surface area (Å²) < 4.78 is 66.7. The van der Waals surface area contributed by atoms with Crippen LogP contribution in [0, 0.1) is 11.3 Å². The zero-order chi connectivity index (χ0) is 51.1. The zero-order valence-electron chi connectivity index (χ0n) is 39.3. The molecule has 4 bridgehead atoms. The molecule has 12 atom stereocenters. The van der Waals surface area contributed by atoms with Crippen LogP contribution in [0.5, 0.6) is 0 Å². The molecular formula is C48H51NO21. The Hall–Kier alpha value is -7.20. The van der Waals surface area contributed by atoms with Crippen LogP contribution in [0.3, 0.4) is 0 Å². The molecule has 1 saturated heterocycles. The van der Waals surface area contributed by atoms with Gasteiger partial charge in [0.1, 0.15) is 48.3 Å². The van der Waals surface area contributed by atoms with Crippen molar-refractivity contribution in [2.24, 2.45) is 11.3 Å². The van der Waals surface area contributed by atoms with Crippen molar-refractivity contribution in [1.82, 2.24) is 4.98 Å². The Morgan fingerprint density at radius 1 is 0.729 bits per heavy atom. The van der Waals surface area contributed by atoms with E-state index >= 15 is 4.79 Å². The van der Waals surface area contributed by atoms with Crippen molar-refractivity contribution in [1.29, 1.82) is 0 Å². The molecule has 4 heterocycles. The highest BCUT2D eigenvalue weighted by atomic mass is 16.7. The number of nitrogens with zero attached hydrogens (tertiary/aromatic N) is 1. The minimum absolute atomic E-state index is 0.0387. The van der Waals surface area contributed by atoms with E-state index in [1.165, 1.54) is 61.8 Å². The predicted molar refractivity (Wildman–Crippen MR) is 229 cm³/mol. The van der Waals surface area contributed by atoms with Crippen LogP contribution in [0.15, 0.2) is 71.7 Å². The first-order chi connectivity index (χ1) is 32.9. The highest BCUT2D eigenvalue weighted by Crippen LogP contribution is 2.70. The van der Waals surface area contributed by atoms with Crippen LogP contribution in [-0.4, -0.2) is 136 Å². The molecule has 3 aromatic rings. The van der Waals surface area contributed by atoms with Gasteiger partial charge < -0.3 is 56.9 Å². The van der Waals surface area contributed by atoms with E-state index < -0.39 is 144 Å². The summed E-state index contributed by atoms with van der Waals surface area (Å²) in [6.45, 7) is 6.29. The van der Waals surface area contributed by atoms with Crippen molar-refractivity contribution in [3.8, 4) is 0 Å². The van der Waals surface area contributed by atoms with Crippen molar-refractivity contribution < 1.29 is 100 Å². The van der Waals surface area contributed by atoms with Crippen molar-refractivity contribution in [2.45, 2.75) is 127 Å². The summed E-state index contributed by atoms with van der Waals surface area (Å²) in [6, 6.07) is 11.3. The van der Waals surface area contributed by atoms with Gasteiger partial charge in [-0.15, -0.1) is 0 Å². The zero-order valence-corrected chi connectivity index (χ0v) is 39.3. The number of aliphatic hydroxyl groups is 1. The molecule has 22 nitrogen and oxygen atoms in total. The number of ether oxygens (including phenoxy) is 10. The maximum Gasteiger partial charge on any atom is 0.350 e. The molecule has 1 spiro atoms. The highest BCUT2D eigenvalue weighted by molar-refractivity contribution is 5.93. The Kier molecular flexibility index (Phi) is 13.7. The summed E-state index contributed by atoms with van der Waals surface area (Å²) in [5.74, 6) is -11.9. The number of carbonyl (C=O) groups is 9. The predicted octanol–water partition coefficient (Wildman–Crippen LogP) is 2.73. The summed E-state index contributed by atoms with van der Waals surface area (Å²) >= 11 is 0. The van der Waals surface area contributed by atoms with Gasteiger partial charge in [0.2, 0.25) is 5.60 Å². The van der Waals surface area contributed by atoms with Crippen LogP contribution >= 0.6 is 0 Å². The summed E-state index contributed by atoms with van der Waals surface area (Å²) in [6.07, 6.45) is -10.3. The lowest BCUT2D eigenvalue weighted by atomic mass is 9.45. The SMILES string of the molecule is CC(=O)OC[C@]12[C@H](OC(C)=O)C(OC(C)=O)[C@@H]3[C@@H](OC(C)=O)[C@@]14O[C@@]3(C)COC(=O)c1cccnc1CCC(C)(OC(=O)c1ccoc1)C(=O)O[C@@H](C(OC(=O)c1ccccc1)[C@@H]2OC(C)=O)[C@]4(C)O. The van der Waals surface area contributed by atoms with Crippen LogP contribution in [0.2, 0.25) is 0 Å². The fourth-order valence-electron chi connectivity index (χ4n) is 10.5. The van der Waals surface area contributed by atoms with Crippen molar-refractivity contribution in [3.05, 3.63) is 89.6 Å². The molecule has 1 aromatic carbocycles. The van der Waals surface area contributed by atoms with Crippen LogP contribution in [-0.2, 0) is 82.6 Å². The average molecular weight is 978 g/mol. The fraction of sp³-hybridized carbons (Fsp3) is 0.500. The van der Waals surface area contributed by atoms with Gasteiger partial charge in [0.15, 0.2) is 30.0 Å². The third kappa shape index (κ3) is 8.73. The van der Waals surface area contributed by atoms with E-state index in [0.29, 0.717) is 0 Å². The molecule has 0 radical (unpaired) electrons. The first-order valence-corrected chi connectivity index (χ1v) is 22.0. The number of rotatable bonds is 10. The van der Waals surface area contributed by atoms with Crippen molar-refractivity contribution in [3.63, 3.8) is 0 Å². The number of pyridine rings is 1. The van der Waals surface area contributed by atoms with Gasteiger partial charge >= 0.3 is 53.7 Å². The maximum absolute atomic E-state index is 15.3. The van der Waals surface area contributed by atoms with Gasteiger partial charge in [0, 0.05) is 47.2 Å². The number of hydrogen-bond donors (Lipinski definition) is 1. The Morgan fingerprint density at radius 3 is 1.96 bits per heavy atom. The summed E-state index contributed by atoms with van der Waals surface area (Å²) in [7, 11) is 0. The third-order valence-electron chi connectivity index (χ3n) is 13.2. The first kappa shape index (κ1) is 50.7. The Labute approximate surface area is 399 Å². The molecule has 2 aliphatic heterocycles. The standard InChI is InChI=1S/C48H51NO21/c1-24(50)61-23-47-38(65-27(4)53)34(63-25(2)51)33-36(64-26(3)52)48(47)46(8,59)37(35(39(47)66-28(5)54)67-40(55)29-13-10-9-11-14-29)68-43(58)44(6,69-41(56)30-17-20-60-21-30)18-16-32-31(15-12-19-49-32)42(57)62-22-45(33,7)70-48/h9-15,17,19-21,33-39,59H,16,18,22-23H2,1-8H3/t33-,34?,35?,36-,37+,38-,39+,44?,45+,46+,47-,48+/m1/s1. The van der Waals surface area contributed by atoms with E-state index in [-0.39, 0.29) is 28.8 Å². The van der Waals surface area contributed by atoms with E-state index in [0.717, 1.165) is 54.7 Å².